The van der Waals surface area contributed by atoms with E-state index in [2.05, 4.69) is 5.32 Å². The number of hydrogen-bond acceptors (Lipinski definition) is 5. The van der Waals surface area contributed by atoms with Crippen LogP contribution in [0.4, 0.5) is 0 Å². The van der Waals surface area contributed by atoms with Crippen LogP contribution in [0.2, 0.25) is 5.02 Å². The molecule has 0 aromatic heterocycles. The quantitative estimate of drug-likeness (QED) is 0.572. The molecule has 1 saturated heterocycles. The Morgan fingerprint density at radius 1 is 1.30 bits per heavy atom. The third kappa shape index (κ3) is 6.66. The zero-order valence-electron chi connectivity index (χ0n) is 17.7. The van der Waals surface area contributed by atoms with Crippen LogP contribution in [-0.2, 0) is 26.0 Å². The molecule has 1 fully saturated rings. The summed E-state index contributed by atoms with van der Waals surface area (Å²) in [6.45, 7) is 4.57. The number of carbonyl (C=O) groups is 2. The number of halogens is 1. The summed E-state index contributed by atoms with van der Waals surface area (Å²) in [5.74, 6) is -0.518. The molecule has 1 aliphatic heterocycles. The van der Waals surface area contributed by atoms with Crippen LogP contribution in [-0.4, -0.2) is 73.5 Å². The van der Waals surface area contributed by atoms with Crippen LogP contribution >= 0.6 is 11.6 Å². The number of nitrogens with one attached hydrogen (secondary N) is 1. The third-order valence-corrected chi connectivity index (χ3v) is 6.82. The Hall–Kier alpha value is -1.68. The van der Waals surface area contributed by atoms with Crippen molar-refractivity contribution >= 4 is 33.4 Å². The lowest BCUT2D eigenvalue weighted by molar-refractivity contribution is -0.135. The zero-order chi connectivity index (χ0) is 22.5. The van der Waals surface area contributed by atoms with Crippen molar-refractivity contribution in [1.82, 2.24) is 14.5 Å². The standard InChI is InChI=1S/C20H31ClN4O4S/c1-14(2)25(30(3,28)29)17-9-11-24(13-17)20(27)18(23-19(26)8-10-22)12-15-4-6-16(21)7-5-15/h4-7,14,17-18H,8-13,22H2,1-3H3,(H,23,26)/t17-,18+/m0/s1. The summed E-state index contributed by atoms with van der Waals surface area (Å²) in [7, 11) is -3.40. The molecule has 2 rings (SSSR count). The maximum absolute atomic E-state index is 13.2. The van der Waals surface area contributed by atoms with Crippen LogP contribution in [0.15, 0.2) is 24.3 Å². The first-order valence-electron chi connectivity index (χ1n) is 10.0. The lowest BCUT2D eigenvalue weighted by atomic mass is 10.0. The van der Waals surface area contributed by atoms with E-state index in [1.807, 2.05) is 26.0 Å². The van der Waals surface area contributed by atoms with Gasteiger partial charge in [0.1, 0.15) is 6.04 Å². The molecule has 1 aromatic carbocycles. The van der Waals surface area contributed by atoms with Crippen molar-refractivity contribution in [2.45, 2.75) is 51.2 Å². The molecule has 1 heterocycles. The predicted molar refractivity (Wildman–Crippen MR) is 118 cm³/mol. The molecular formula is C20H31ClN4O4S. The molecule has 0 bridgehead atoms. The van der Waals surface area contributed by atoms with Gasteiger partial charge in [-0.1, -0.05) is 23.7 Å². The fourth-order valence-corrected chi connectivity index (χ4v) is 5.50. The van der Waals surface area contributed by atoms with Crippen molar-refractivity contribution in [3.05, 3.63) is 34.9 Å². The van der Waals surface area contributed by atoms with Gasteiger partial charge in [-0.25, -0.2) is 8.42 Å². The second kappa shape index (κ2) is 10.6. The van der Waals surface area contributed by atoms with E-state index in [9.17, 15) is 18.0 Å². The van der Waals surface area contributed by atoms with Gasteiger partial charge in [0.15, 0.2) is 0 Å². The molecule has 8 nitrogen and oxygen atoms in total. The van der Waals surface area contributed by atoms with Gasteiger partial charge in [-0.05, 0) is 38.0 Å². The number of rotatable bonds is 9. The van der Waals surface area contributed by atoms with Gasteiger partial charge in [0, 0.05) is 49.6 Å². The Bertz CT molecular complexity index is 845. The summed E-state index contributed by atoms with van der Waals surface area (Å²) in [6.07, 6.45) is 2.19. The van der Waals surface area contributed by atoms with E-state index >= 15 is 0 Å². The van der Waals surface area contributed by atoms with Crippen molar-refractivity contribution < 1.29 is 18.0 Å². The maximum atomic E-state index is 13.2. The zero-order valence-corrected chi connectivity index (χ0v) is 19.2. The predicted octanol–water partition coefficient (Wildman–Crippen LogP) is 0.987. The average Bonchev–Trinajstić information content (AvgIpc) is 3.10. The minimum Gasteiger partial charge on any atom is -0.344 e. The number of amides is 2. The van der Waals surface area contributed by atoms with Crippen LogP contribution in [0.25, 0.3) is 0 Å². The Balaban J connectivity index is 2.16. The summed E-state index contributed by atoms with van der Waals surface area (Å²) >= 11 is 5.94. The topological polar surface area (TPSA) is 113 Å². The molecule has 0 aliphatic carbocycles. The molecule has 1 aliphatic rings. The Morgan fingerprint density at radius 3 is 2.47 bits per heavy atom. The summed E-state index contributed by atoms with van der Waals surface area (Å²) in [4.78, 5) is 27.0. The normalized spacial score (nSPS) is 18.1. The molecule has 2 amide bonds. The van der Waals surface area contributed by atoms with Crippen molar-refractivity contribution in [2.75, 3.05) is 25.9 Å². The highest BCUT2D eigenvalue weighted by Gasteiger charge is 2.38. The number of carbonyl (C=O) groups excluding carboxylic acids is 2. The summed E-state index contributed by atoms with van der Waals surface area (Å²) in [6, 6.07) is 5.87. The molecule has 0 spiro atoms. The Morgan fingerprint density at radius 2 is 1.93 bits per heavy atom. The highest BCUT2D eigenvalue weighted by Crippen LogP contribution is 2.22. The number of nitrogens with zero attached hydrogens (tertiary/aromatic N) is 2. The monoisotopic (exact) mass is 458 g/mol. The van der Waals surface area contributed by atoms with Crippen LogP contribution in [0, 0.1) is 0 Å². The van der Waals surface area contributed by atoms with Gasteiger partial charge < -0.3 is 16.0 Å². The minimum atomic E-state index is -3.40. The van der Waals surface area contributed by atoms with Crippen LogP contribution in [0.1, 0.15) is 32.3 Å². The SMILES string of the molecule is CC(C)N([C@H]1CCN(C(=O)[C@@H](Cc2ccc(Cl)cc2)NC(=O)CCN)C1)S(C)(=O)=O. The smallest absolute Gasteiger partial charge is 0.245 e. The summed E-state index contributed by atoms with van der Waals surface area (Å²) < 4.78 is 25.9. The van der Waals surface area contributed by atoms with Crippen LogP contribution in [0.5, 0.6) is 0 Å². The molecule has 1 aromatic rings. The first-order chi connectivity index (χ1) is 14.0. The summed E-state index contributed by atoms with van der Waals surface area (Å²) in [5.41, 5.74) is 6.32. The van der Waals surface area contributed by atoms with E-state index in [0.717, 1.165) is 5.56 Å². The summed E-state index contributed by atoms with van der Waals surface area (Å²) in [5, 5.41) is 3.37. The first kappa shape index (κ1) is 24.6. The molecule has 0 saturated carbocycles. The fraction of sp³-hybridized carbons (Fsp3) is 0.600. The molecule has 30 heavy (non-hydrogen) atoms. The molecular weight excluding hydrogens is 428 g/mol. The minimum absolute atomic E-state index is 0.127. The number of likely N-dealkylation sites (tertiary alicyclic amines) is 1. The number of nitrogens with two attached hydrogens (primary N) is 1. The van der Waals surface area contributed by atoms with Crippen molar-refractivity contribution in [2.24, 2.45) is 5.73 Å². The van der Waals surface area contributed by atoms with Crippen LogP contribution in [0.3, 0.4) is 0 Å². The number of sulfonamides is 1. The maximum Gasteiger partial charge on any atom is 0.245 e. The number of benzene rings is 1. The third-order valence-electron chi connectivity index (χ3n) is 5.08. The van der Waals surface area contributed by atoms with E-state index in [-0.39, 0.29) is 36.9 Å². The van der Waals surface area contributed by atoms with Crippen LogP contribution < -0.4 is 11.1 Å². The van der Waals surface area contributed by atoms with Crippen molar-refractivity contribution in [3.63, 3.8) is 0 Å². The highest BCUT2D eigenvalue weighted by atomic mass is 35.5. The first-order valence-corrected chi connectivity index (χ1v) is 12.3. The Labute approximate surface area is 183 Å². The van der Waals surface area contributed by atoms with Gasteiger partial charge in [0.2, 0.25) is 21.8 Å². The average molecular weight is 459 g/mol. The lowest BCUT2D eigenvalue weighted by Crippen LogP contribution is -2.51. The van der Waals surface area contributed by atoms with Crippen molar-refractivity contribution in [1.29, 1.82) is 0 Å². The molecule has 0 radical (unpaired) electrons. The lowest BCUT2D eigenvalue weighted by Gasteiger charge is -2.30. The van der Waals surface area contributed by atoms with Gasteiger partial charge in [-0.15, -0.1) is 0 Å². The molecule has 0 unspecified atom stereocenters. The van der Waals surface area contributed by atoms with Gasteiger partial charge in [-0.2, -0.15) is 4.31 Å². The van der Waals surface area contributed by atoms with Gasteiger partial charge in [-0.3, -0.25) is 9.59 Å². The Kier molecular flexibility index (Phi) is 8.66. The van der Waals surface area contributed by atoms with E-state index in [4.69, 9.17) is 17.3 Å². The van der Waals surface area contributed by atoms with Crippen molar-refractivity contribution in [3.8, 4) is 0 Å². The van der Waals surface area contributed by atoms with Gasteiger partial charge in [0.25, 0.3) is 0 Å². The second-order valence-corrected chi connectivity index (χ2v) is 10.2. The van der Waals surface area contributed by atoms with E-state index < -0.39 is 16.1 Å². The van der Waals surface area contributed by atoms with E-state index in [0.29, 0.717) is 31.0 Å². The van der Waals surface area contributed by atoms with Gasteiger partial charge in [0.05, 0.1) is 6.26 Å². The molecule has 2 atom stereocenters. The number of hydrogen-bond donors (Lipinski definition) is 2. The fourth-order valence-electron chi connectivity index (χ4n) is 3.90. The highest BCUT2D eigenvalue weighted by molar-refractivity contribution is 7.88. The largest absolute Gasteiger partial charge is 0.344 e. The molecule has 3 N–H and O–H groups in total. The molecule has 10 heteroatoms. The van der Waals surface area contributed by atoms with E-state index in [1.54, 1.807) is 17.0 Å². The van der Waals surface area contributed by atoms with E-state index in [1.165, 1.54) is 10.6 Å². The second-order valence-electron chi connectivity index (χ2n) is 7.90. The molecule has 168 valence electrons. The van der Waals surface area contributed by atoms with Gasteiger partial charge >= 0.3 is 0 Å².